The van der Waals surface area contributed by atoms with E-state index in [-0.39, 0.29) is 0 Å². The summed E-state index contributed by atoms with van der Waals surface area (Å²) in [6, 6.07) is 214. The van der Waals surface area contributed by atoms with E-state index in [2.05, 4.69) is 601 Å². The summed E-state index contributed by atoms with van der Waals surface area (Å²) in [6.45, 7) is 0. The van der Waals surface area contributed by atoms with E-state index in [4.69, 9.17) is 0 Å². The molecule has 2 aliphatic rings. The third kappa shape index (κ3) is 14.6. The third-order valence-electron chi connectivity index (χ3n) is 29.8. The van der Waals surface area contributed by atoms with Crippen LogP contribution in [0.3, 0.4) is 0 Å². The Morgan fingerprint density at radius 1 is 0.139 bits per heavy atom. The second-order valence-corrected chi connectivity index (χ2v) is 37.6. The highest BCUT2D eigenvalue weighted by Crippen LogP contribution is 2.60. The number of fused-ring (bicyclic) bond motifs is 12. The normalized spacial score (nSPS) is 12.4. The Hall–Kier alpha value is -18.7. The maximum Gasteiger partial charge on any atom is 0.0714 e. The van der Waals surface area contributed by atoms with Crippen LogP contribution in [0.2, 0.25) is 0 Å². The first-order chi connectivity index (χ1) is 71.5. The fourth-order valence-corrected chi connectivity index (χ4v) is 23.5. The van der Waals surface area contributed by atoms with E-state index < -0.39 is 10.8 Å². The minimum Gasteiger partial charge on any atom is -0.310 e. The third-order valence-corrected chi connectivity index (χ3v) is 29.8. The van der Waals surface area contributed by atoms with Crippen LogP contribution in [0.1, 0.15) is 44.5 Å². The Labute approximate surface area is 839 Å². The zero-order valence-electron chi connectivity index (χ0n) is 79.2. The molecule has 0 radical (unpaired) electrons. The van der Waals surface area contributed by atoms with Crippen molar-refractivity contribution in [2.75, 3.05) is 9.80 Å². The zero-order chi connectivity index (χ0) is 95.4. The lowest BCUT2D eigenvalue weighted by atomic mass is 9.67. The maximum atomic E-state index is 2.49. The van der Waals surface area contributed by atoms with Crippen LogP contribution in [0.4, 0.5) is 34.1 Å². The average Bonchev–Trinajstić information content (AvgIpc) is 1.54. The lowest BCUT2D eigenvalue weighted by Crippen LogP contribution is -2.28. The van der Waals surface area contributed by atoms with Crippen LogP contribution in [0.15, 0.2) is 582 Å². The predicted molar refractivity (Wildman–Crippen MR) is 604 cm³/mol. The minimum atomic E-state index is -0.511. The molecule has 0 saturated heterocycles. The number of anilines is 6. The number of para-hydroxylation sites is 5. The Morgan fingerprint density at radius 2 is 0.410 bits per heavy atom. The molecule has 144 heavy (non-hydrogen) atoms. The molecule has 676 valence electrons. The summed E-state index contributed by atoms with van der Waals surface area (Å²) in [5.74, 6) is 0. The summed E-state index contributed by atoms with van der Waals surface area (Å²) in [5.41, 5.74) is 44.2. The van der Waals surface area contributed by atoms with E-state index >= 15 is 0 Å². The highest BCUT2D eigenvalue weighted by atomic mass is 15.2. The molecule has 0 bridgehead atoms. The monoisotopic (exact) mass is 1830 g/mol. The van der Waals surface area contributed by atoms with Gasteiger partial charge in [0.1, 0.15) is 0 Å². The van der Waals surface area contributed by atoms with Crippen LogP contribution < -0.4 is 9.80 Å². The van der Waals surface area contributed by atoms with Crippen molar-refractivity contribution in [3.8, 4) is 112 Å². The van der Waals surface area contributed by atoms with Crippen molar-refractivity contribution < 1.29 is 0 Å². The van der Waals surface area contributed by atoms with Gasteiger partial charge in [-0.15, -0.1) is 0 Å². The molecule has 0 saturated carbocycles. The molecule has 2 aliphatic carbocycles. The summed E-state index contributed by atoms with van der Waals surface area (Å²) in [6.07, 6.45) is 0. The number of rotatable bonds is 19. The lowest BCUT2D eigenvalue weighted by molar-refractivity contribution is 0.767. The minimum absolute atomic E-state index is 0.503. The van der Waals surface area contributed by atoms with E-state index in [1.807, 2.05) is 0 Å². The topological polar surface area (TPSA) is 16.3 Å². The fraction of sp³-hybridized carbons (Fsp3) is 0.0143. The van der Waals surface area contributed by atoms with Gasteiger partial charge in [0, 0.05) is 66.8 Å². The van der Waals surface area contributed by atoms with Crippen molar-refractivity contribution in [1.82, 2.24) is 9.13 Å². The van der Waals surface area contributed by atoms with Crippen LogP contribution >= 0.6 is 0 Å². The van der Waals surface area contributed by atoms with Gasteiger partial charge in [0.25, 0.3) is 0 Å². The van der Waals surface area contributed by atoms with Gasteiger partial charge < -0.3 is 18.9 Å². The molecule has 0 atom stereocenters. The molecule has 0 unspecified atom stereocenters. The predicted octanol–water partition coefficient (Wildman–Crippen LogP) is 36.9. The van der Waals surface area contributed by atoms with Crippen molar-refractivity contribution in [2.24, 2.45) is 0 Å². The average molecular weight is 1830 g/mol. The summed E-state index contributed by atoms with van der Waals surface area (Å²) >= 11 is 0. The number of hydrogen-bond acceptors (Lipinski definition) is 2. The second-order valence-electron chi connectivity index (χ2n) is 37.6. The van der Waals surface area contributed by atoms with Gasteiger partial charge in [-0.1, -0.05) is 473 Å². The molecular weight excluding hydrogens is 1740 g/mol. The van der Waals surface area contributed by atoms with Crippen molar-refractivity contribution in [3.05, 3.63) is 627 Å². The van der Waals surface area contributed by atoms with Gasteiger partial charge >= 0.3 is 0 Å². The Bertz CT molecular complexity index is 8930. The van der Waals surface area contributed by atoms with Crippen molar-refractivity contribution in [3.63, 3.8) is 0 Å². The Morgan fingerprint density at radius 3 is 0.812 bits per heavy atom. The molecule has 0 fully saturated rings. The molecule has 4 nitrogen and oxygen atoms in total. The van der Waals surface area contributed by atoms with Crippen LogP contribution in [0.25, 0.3) is 155 Å². The second kappa shape index (κ2) is 36.6. The van der Waals surface area contributed by atoms with Gasteiger partial charge in [-0.05, 0) is 243 Å². The van der Waals surface area contributed by atoms with E-state index in [0.29, 0.717) is 0 Å². The van der Waals surface area contributed by atoms with Crippen molar-refractivity contribution in [2.45, 2.75) is 10.8 Å². The van der Waals surface area contributed by atoms with Crippen LogP contribution in [0, 0.1) is 0 Å². The molecule has 4 heteroatoms. The molecule has 2 heterocycles. The Kier molecular flexibility index (Phi) is 21.7. The standard InChI is InChI=1S/C73H50N2.C67H46N2/c1-5-21-51(22-6-1)53-37-42-58(43-38-53)74(59-44-39-54(40-45-59)52-23-7-2-8-24-52)70-35-19-16-32-65(70)62-30-14-13-29-61(62)55-41-47-67-66-33-17-20-36-71(66)75(72(67)49-55)60-46-48-64-63-31-15-18-34-68(63)73(69(64)50-60,56-25-9-3-10-26-56)57-27-11-4-12-28-57;1-5-22-47(23-6-1)48-24-21-31-53(44-48)68(52-29-11-4-12-30-52)64-38-19-16-35-59(64)56-33-14-13-32-55(56)49-40-42-61-60-36-17-20-39-65(60)69(66(61)45-49)54-41-43-58-57-34-15-18-37-62(57)67(63(58)46-54,50-25-7-2-8-26-50)51-27-9-3-10-28-51/h1-50H;1-46H. The summed E-state index contributed by atoms with van der Waals surface area (Å²) in [4.78, 5) is 4.81. The van der Waals surface area contributed by atoms with E-state index in [1.54, 1.807) is 0 Å². The zero-order valence-corrected chi connectivity index (χ0v) is 79.2. The van der Waals surface area contributed by atoms with E-state index in [1.165, 1.54) is 155 Å². The van der Waals surface area contributed by atoms with Crippen molar-refractivity contribution >= 4 is 77.7 Å². The molecule has 2 aromatic heterocycles. The molecule has 0 aliphatic heterocycles. The first kappa shape index (κ1) is 85.7. The Balaban J connectivity index is 0.000000147. The van der Waals surface area contributed by atoms with Gasteiger partial charge in [-0.3, -0.25) is 0 Å². The van der Waals surface area contributed by atoms with Gasteiger partial charge in [0.15, 0.2) is 0 Å². The lowest BCUT2D eigenvalue weighted by Gasteiger charge is -2.34. The highest BCUT2D eigenvalue weighted by Gasteiger charge is 2.48. The molecule has 0 N–H and O–H groups in total. The molecule has 27 rings (SSSR count). The summed E-state index contributed by atoms with van der Waals surface area (Å²) in [7, 11) is 0. The first-order valence-electron chi connectivity index (χ1n) is 49.8. The van der Waals surface area contributed by atoms with Crippen LogP contribution in [-0.4, -0.2) is 9.13 Å². The molecule has 0 amide bonds. The molecule has 23 aromatic carbocycles. The SMILES string of the molecule is c1ccc(-c2ccc(N(c3ccc(-c4ccccc4)cc3)c3ccccc3-c3ccccc3-c3ccc4c5ccccc5n(-c5ccc6c(c5)C(c5ccccc5)(c5ccccc5)c5ccccc5-6)c4c3)cc2)cc1.c1ccc(-c2cccc(N(c3ccccc3)c3ccccc3-c3ccccc3-c3ccc4c5ccccc5n(-c5ccc6c(c5)C(c5ccccc5)(c5ccccc5)c5ccccc5-6)c4c3)c2)cc1. The van der Waals surface area contributed by atoms with Gasteiger partial charge in [-0.25, -0.2) is 0 Å². The number of aromatic nitrogens is 2. The van der Waals surface area contributed by atoms with Gasteiger partial charge in [0.05, 0.1) is 44.3 Å². The fourth-order valence-electron chi connectivity index (χ4n) is 23.5. The number of hydrogen-bond donors (Lipinski definition) is 0. The van der Waals surface area contributed by atoms with E-state index in [0.717, 1.165) is 78.8 Å². The maximum absolute atomic E-state index is 2.49. The number of benzene rings is 23. The van der Waals surface area contributed by atoms with Gasteiger partial charge in [-0.2, -0.15) is 0 Å². The quantitative estimate of drug-likeness (QED) is 0.0802. The highest BCUT2D eigenvalue weighted by molar-refractivity contribution is 6.13. The number of nitrogens with zero attached hydrogens (tertiary/aromatic N) is 4. The molecule has 0 spiro atoms. The summed E-state index contributed by atoms with van der Waals surface area (Å²) in [5, 5.41) is 4.90. The van der Waals surface area contributed by atoms with Crippen molar-refractivity contribution in [1.29, 1.82) is 0 Å². The smallest absolute Gasteiger partial charge is 0.0714 e. The largest absolute Gasteiger partial charge is 0.310 e. The summed E-state index contributed by atoms with van der Waals surface area (Å²) < 4.78 is 4.99. The molecular formula is C140H96N4. The van der Waals surface area contributed by atoms with Gasteiger partial charge in [0.2, 0.25) is 0 Å². The first-order valence-corrected chi connectivity index (χ1v) is 49.8. The van der Waals surface area contributed by atoms with E-state index in [9.17, 15) is 0 Å². The molecule has 25 aromatic rings. The van der Waals surface area contributed by atoms with Crippen LogP contribution in [0.5, 0.6) is 0 Å². The van der Waals surface area contributed by atoms with Crippen LogP contribution in [-0.2, 0) is 10.8 Å².